The van der Waals surface area contributed by atoms with Crippen molar-refractivity contribution in [3.8, 4) is 17.3 Å². The highest BCUT2D eigenvalue weighted by molar-refractivity contribution is 5.63. The summed E-state index contributed by atoms with van der Waals surface area (Å²) in [5.74, 6) is 2.10. The molecule has 0 amide bonds. The third-order valence-corrected chi connectivity index (χ3v) is 5.45. The number of nitrogens with one attached hydrogen (secondary N) is 2. The van der Waals surface area contributed by atoms with Gasteiger partial charge < -0.3 is 24.7 Å². The Kier molecular flexibility index (Phi) is 5.47. The van der Waals surface area contributed by atoms with E-state index in [1.54, 1.807) is 13.4 Å². The number of hydrogen-bond donors (Lipinski definition) is 2. The van der Waals surface area contributed by atoms with Crippen molar-refractivity contribution in [2.75, 3.05) is 19.0 Å². The lowest BCUT2D eigenvalue weighted by molar-refractivity contribution is 0.202. The number of rotatable bonds is 5. The number of aromatic nitrogens is 3. The molecule has 0 spiro atoms. The highest BCUT2D eigenvalue weighted by Gasteiger charge is 2.20. The molecule has 0 bridgehead atoms. The molecule has 2 aromatic heterocycles. The molecule has 0 aliphatic carbocycles. The average Bonchev–Trinajstić information content (AvgIpc) is 3.14. The highest BCUT2D eigenvalue weighted by Crippen LogP contribution is 2.31. The number of fused-ring (bicyclic) bond motifs is 1. The van der Waals surface area contributed by atoms with Crippen molar-refractivity contribution in [2.45, 2.75) is 19.6 Å². The molecule has 1 aliphatic heterocycles. The summed E-state index contributed by atoms with van der Waals surface area (Å²) >= 11 is 0. The summed E-state index contributed by atoms with van der Waals surface area (Å²) in [6, 6.07) is 20.2. The second-order valence-electron chi connectivity index (χ2n) is 7.74. The van der Waals surface area contributed by atoms with E-state index in [2.05, 4.69) is 27.8 Å². The Hall–Kier alpha value is -3.84. The largest absolute Gasteiger partial charge is 0.494 e. The van der Waals surface area contributed by atoms with Gasteiger partial charge in [-0.3, -0.25) is 0 Å². The van der Waals surface area contributed by atoms with E-state index in [0.717, 1.165) is 47.0 Å². The molecular weight excluding hydrogens is 402 g/mol. The van der Waals surface area contributed by atoms with Crippen LogP contribution in [0.5, 0.6) is 11.6 Å². The van der Waals surface area contributed by atoms with Gasteiger partial charge in [-0.2, -0.15) is 4.98 Å². The Morgan fingerprint density at radius 1 is 1.12 bits per heavy atom. The van der Waals surface area contributed by atoms with E-state index >= 15 is 0 Å². The van der Waals surface area contributed by atoms with Crippen molar-refractivity contribution < 1.29 is 9.47 Å². The standard InChI is InChI=1S/C25H25N5O2/c1-17-15-30(16-27-17)21-10-9-20(12-22(21)31-2)28-24-11-8-19-13-26-14-23(32-25(19)29-24)18-6-4-3-5-7-18/h3-12,15-16,23,26H,13-14H2,1-2H3,(H,28,29). The van der Waals surface area contributed by atoms with E-state index in [1.807, 2.05) is 66.2 Å². The summed E-state index contributed by atoms with van der Waals surface area (Å²) in [4.78, 5) is 9.05. The quantitative estimate of drug-likeness (QED) is 0.487. The van der Waals surface area contributed by atoms with Gasteiger partial charge in [-0.1, -0.05) is 30.3 Å². The third kappa shape index (κ3) is 4.15. The van der Waals surface area contributed by atoms with Crippen LogP contribution in [0.3, 0.4) is 0 Å². The van der Waals surface area contributed by atoms with Gasteiger partial charge in [0.15, 0.2) is 0 Å². The second kappa shape index (κ2) is 8.72. The minimum absolute atomic E-state index is 0.0850. The van der Waals surface area contributed by atoms with Crippen LogP contribution in [0.25, 0.3) is 5.69 Å². The predicted molar refractivity (Wildman–Crippen MR) is 124 cm³/mol. The van der Waals surface area contributed by atoms with Gasteiger partial charge in [0, 0.05) is 36.6 Å². The van der Waals surface area contributed by atoms with E-state index in [-0.39, 0.29) is 6.10 Å². The molecule has 7 nitrogen and oxygen atoms in total. The Morgan fingerprint density at radius 3 is 2.78 bits per heavy atom. The minimum Gasteiger partial charge on any atom is -0.494 e. The fourth-order valence-electron chi connectivity index (χ4n) is 3.81. The van der Waals surface area contributed by atoms with Crippen LogP contribution in [-0.2, 0) is 6.54 Å². The molecule has 0 radical (unpaired) electrons. The maximum Gasteiger partial charge on any atom is 0.220 e. The van der Waals surface area contributed by atoms with Crippen LogP contribution < -0.4 is 20.1 Å². The van der Waals surface area contributed by atoms with Gasteiger partial charge in [0.05, 0.1) is 24.8 Å². The zero-order valence-corrected chi connectivity index (χ0v) is 18.1. The fraction of sp³-hybridized carbons (Fsp3) is 0.200. The molecule has 5 rings (SSSR count). The number of nitrogens with zero attached hydrogens (tertiary/aromatic N) is 3. The predicted octanol–water partition coefficient (Wildman–Crippen LogP) is 4.55. The van der Waals surface area contributed by atoms with Gasteiger partial charge in [0.1, 0.15) is 17.7 Å². The lowest BCUT2D eigenvalue weighted by atomic mass is 10.1. The number of benzene rings is 2. The smallest absolute Gasteiger partial charge is 0.220 e. The van der Waals surface area contributed by atoms with Crippen LogP contribution in [0, 0.1) is 6.92 Å². The van der Waals surface area contributed by atoms with Gasteiger partial charge in [-0.25, -0.2) is 4.98 Å². The van der Waals surface area contributed by atoms with Crippen molar-refractivity contribution in [3.63, 3.8) is 0 Å². The number of anilines is 2. The highest BCUT2D eigenvalue weighted by atomic mass is 16.5. The van der Waals surface area contributed by atoms with E-state index in [1.165, 1.54) is 0 Å². The first kappa shape index (κ1) is 20.1. The fourth-order valence-corrected chi connectivity index (χ4v) is 3.81. The molecule has 162 valence electrons. The molecule has 7 heteroatoms. The SMILES string of the molecule is COc1cc(Nc2ccc3c(n2)OC(c2ccccc2)CNC3)ccc1-n1cnc(C)c1. The summed E-state index contributed by atoms with van der Waals surface area (Å²) in [5.41, 5.74) is 4.92. The van der Waals surface area contributed by atoms with E-state index < -0.39 is 0 Å². The lowest BCUT2D eigenvalue weighted by Gasteiger charge is -2.17. The Balaban J connectivity index is 1.39. The minimum atomic E-state index is -0.0850. The maximum atomic E-state index is 6.30. The molecular formula is C25H25N5O2. The molecule has 4 aromatic rings. The first-order valence-electron chi connectivity index (χ1n) is 10.6. The number of hydrogen-bond acceptors (Lipinski definition) is 6. The molecule has 0 fully saturated rings. The first-order chi connectivity index (χ1) is 15.7. The van der Waals surface area contributed by atoms with Gasteiger partial charge in [-0.15, -0.1) is 0 Å². The van der Waals surface area contributed by atoms with Crippen LogP contribution in [0.15, 0.2) is 73.2 Å². The van der Waals surface area contributed by atoms with Crippen molar-refractivity contribution in [3.05, 3.63) is 90.0 Å². The van der Waals surface area contributed by atoms with Gasteiger partial charge in [-0.05, 0) is 36.8 Å². The summed E-state index contributed by atoms with van der Waals surface area (Å²) in [5, 5.41) is 6.82. The Morgan fingerprint density at radius 2 is 2.00 bits per heavy atom. The van der Waals surface area contributed by atoms with Gasteiger partial charge in [0.25, 0.3) is 0 Å². The first-order valence-corrected chi connectivity index (χ1v) is 10.6. The van der Waals surface area contributed by atoms with Crippen LogP contribution >= 0.6 is 0 Å². The number of pyridine rings is 1. The maximum absolute atomic E-state index is 6.30. The summed E-state index contributed by atoms with van der Waals surface area (Å²) in [7, 11) is 1.66. The van der Waals surface area contributed by atoms with Crippen LogP contribution in [-0.4, -0.2) is 28.2 Å². The second-order valence-corrected chi connectivity index (χ2v) is 7.74. The normalized spacial score (nSPS) is 15.4. The molecule has 1 unspecified atom stereocenters. The Bertz CT molecular complexity index is 1220. The van der Waals surface area contributed by atoms with E-state index in [9.17, 15) is 0 Å². The molecule has 0 saturated heterocycles. The van der Waals surface area contributed by atoms with Crippen LogP contribution in [0.2, 0.25) is 0 Å². The molecule has 1 atom stereocenters. The van der Waals surface area contributed by atoms with Crippen molar-refractivity contribution in [1.82, 2.24) is 19.9 Å². The zero-order chi connectivity index (χ0) is 21.9. The monoisotopic (exact) mass is 427 g/mol. The van der Waals surface area contributed by atoms with Crippen molar-refractivity contribution >= 4 is 11.5 Å². The molecule has 1 aliphatic rings. The Labute approximate surface area is 187 Å². The van der Waals surface area contributed by atoms with Crippen molar-refractivity contribution in [2.24, 2.45) is 0 Å². The third-order valence-electron chi connectivity index (χ3n) is 5.45. The lowest BCUT2D eigenvalue weighted by Crippen LogP contribution is -2.21. The number of methoxy groups -OCH3 is 1. The number of ether oxygens (including phenoxy) is 2. The van der Waals surface area contributed by atoms with Crippen LogP contribution in [0.4, 0.5) is 11.5 Å². The average molecular weight is 428 g/mol. The molecule has 2 N–H and O–H groups in total. The summed E-state index contributed by atoms with van der Waals surface area (Å²) in [6.07, 6.45) is 3.66. The zero-order valence-electron chi connectivity index (χ0n) is 18.1. The molecule has 0 saturated carbocycles. The molecule has 2 aromatic carbocycles. The van der Waals surface area contributed by atoms with Crippen molar-refractivity contribution in [1.29, 1.82) is 0 Å². The van der Waals surface area contributed by atoms with E-state index in [0.29, 0.717) is 11.7 Å². The molecule has 32 heavy (non-hydrogen) atoms. The van der Waals surface area contributed by atoms with E-state index in [4.69, 9.17) is 14.5 Å². The topological polar surface area (TPSA) is 73.2 Å². The summed E-state index contributed by atoms with van der Waals surface area (Å²) < 4.78 is 13.9. The van der Waals surface area contributed by atoms with Crippen LogP contribution in [0.1, 0.15) is 22.9 Å². The number of imidazole rings is 1. The molecule has 3 heterocycles. The van der Waals surface area contributed by atoms with Gasteiger partial charge >= 0.3 is 0 Å². The van der Waals surface area contributed by atoms with Gasteiger partial charge in [0.2, 0.25) is 5.88 Å². The summed E-state index contributed by atoms with van der Waals surface area (Å²) in [6.45, 7) is 3.41. The number of aryl methyl sites for hydroxylation is 1.